The van der Waals surface area contributed by atoms with Crippen LogP contribution in [0.2, 0.25) is 0 Å². The third-order valence-corrected chi connectivity index (χ3v) is 3.52. The zero-order chi connectivity index (χ0) is 14.9. The number of aryl methyl sites for hydroxylation is 1. The molecule has 0 aliphatic carbocycles. The van der Waals surface area contributed by atoms with Gasteiger partial charge in [-0.25, -0.2) is 4.39 Å². The van der Waals surface area contributed by atoms with Crippen LogP contribution in [0.4, 0.5) is 4.39 Å². The van der Waals surface area contributed by atoms with Crippen LogP contribution >= 0.6 is 0 Å². The maximum absolute atomic E-state index is 13.4. The van der Waals surface area contributed by atoms with Crippen molar-refractivity contribution in [3.8, 4) is 0 Å². The highest BCUT2D eigenvalue weighted by Crippen LogP contribution is 2.07. The number of nitrogens with one attached hydrogen (secondary N) is 1. The lowest BCUT2D eigenvalue weighted by Gasteiger charge is -2.12. The van der Waals surface area contributed by atoms with Gasteiger partial charge in [-0.2, -0.15) is 0 Å². The predicted octanol–water partition coefficient (Wildman–Crippen LogP) is 2.95. The molecule has 0 heterocycles. The fourth-order valence-corrected chi connectivity index (χ4v) is 2.27. The minimum atomic E-state index is -0.370. The molecule has 0 amide bonds. The van der Waals surface area contributed by atoms with Crippen LogP contribution in [0.1, 0.15) is 17.5 Å². The van der Waals surface area contributed by atoms with E-state index in [2.05, 4.69) is 17.4 Å². The van der Waals surface area contributed by atoms with E-state index in [1.807, 2.05) is 24.3 Å². The van der Waals surface area contributed by atoms with Gasteiger partial charge in [-0.3, -0.25) is 0 Å². The van der Waals surface area contributed by atoms with Gasteiger partial charge in [0.2, 0.25) is 0 Å². The first-order chi connectivity index (χ1) is 10.3. The summed E-state index contributed by atoms with van der Waals surface area (Å²) in [5, 5.41) is 13.1. The Labute approximate surface area is 125 Å². The molecule has 3 heteroatoms. The molecule has 2 aromatic carbocycles. The number of halogens is 1. The molecule has 112 valence electrons. The minimum Gasteiger partial charge on any atom is -0.392 e. The number of hydrogen-bond acceptors (Lipinski definition) is 2. The molecular weight excluding hydrogens is 265 g/mol. The monoisotopic (exact) mass is 287 g/mol. The molecule has 0 spiro atoms. The molecule has 0 fully saturated rings. The Balaban J connectivity index is 1.61. The lowest BCUT2D eigenvalue weighted by Crippen LogP contribution is -2.28. The van der Waals surface area contributed by atoms with Crippen LogP contribution in [0.3, 0.4) is 0 Å². The molecule has 2 N–H and O–H groups in total. The molecule has 0 saturated heterocycles. The predicted molar refractivity (Wildman–Crippen MR) is 83.7 cm³/mol. The summed E-state index contributed by atoms with van der Waals surface area (Å²) >= 11 is 0. The number of benzene rings is 2. The summed E-state index contributed by atoms with van der Waals surface area (Å²) in [5.74, 6) is -0.163. The van der Waals surface area contributed by atoms with Gasteiger partial charge < -0.3 is 10.4 Å². The highest BCUT2D eigenvalue weighted by Gasteiger charge is 2.05. The summed E-state index contributed by atoms with van der Waals surface area (Å²) in [6.07, 6.45) is 1.87. The Bertz CT molecular complexity index is 530. The number of hydrogen-bond donors (Lipinski definition) is 2. The highest BCUT2D eigenvalue weighted by molar-refractivity contribution is 5.17. The van der Waals surface area contributed by atoms with E-state index in [-0.39, 0.29) is 11.9 Å². The summed E-state index contributed by atoms with van der Waals surface area (Å²) < 4.78 is 13.4. The van der Waals surface area contributed by atoms with Crippen molar-refractivity contribution in [3.63, 3.8) is 0 Å². The van der Waals surface area contributed by atoms with Crippen molar-refractivity contribution >= 4 is 0 Å². The van der Waals surface area contributed by atoms with Gasteiger partial charge >= 0.3 is 0 Å². The van der Waals surface area contributed by atoms with Crippen LogP contribution in [0.15, 0.2) is 54.6 Å². The summed E-state index contributed by atoms with van der Waals surface area (Å²) in [4.78, 5) is 0. The zero-order valence-electron chi connectivity index (χ0n) is 12.1. The average Bonchev–Trinajstić information content (AvgIpc) is 2.52. The van der Waals surface area contributed by atoms with E-state index >= 15 is 0 Å². The molecule has 0 radical (unpaired) electrons. The second-order valence-corrected chi connectivity index (χ2v) is 5.22. The smallest absolute Gasteiger partial charge is 0.126 e. The fraction of sp³-hybridized carbons (Fsp3) is 0.333. The van der Waals surface area contributed by atoms with Gasteiger partial charge in [0.25, 0.3) is 0 Å². The van der Waals surface area contributed by atoms with Crippen molar-refractivity contribution in [2.75, 3.05) is 13.1 Å². The van der Waals surface area contributed by atoms with Crippen molar-refractivity contribution in [3.05, 3.63) is 71.5 Å². The first-order valence-electron chi connectivity index (χ1n) is 7.42. The maximum atomic E-state index is 13.4. The van der Waals surface area contributed by atoms with E-state index in [4.69, 9.17) is 0 Å². The number of aliphatic hydroxyl groups excluding tert-OH is 1. The Hall–Kier alpha value is -1.71. The lowest BCUT2D eigenvalue weighted by atomic mass is 10.1. The summed E-state index contributed by atoms with van der Waals surface area (Å²) in [6, 6.07) is 16.9. The van der Waals surface area contributed by atoms with Crippen LogP contribution in [-0.4, -0.2) is 24.3 Å². The van der Waals surface area contributed by atoms with E-state index in [0.29, 0.717) is 25.1 Å². The fourth-order valence-electron chi connectivity index (χ4n) is 2.27. The van der Waals surface area contributed by atoms with Gasteiger partial charge in [-0.05, 0) is 43.0 Å². The zero-order valence-corrected chi connectivity index (χ0v) is 12.1. The lowest BCUT2D eigenvalue weighted by molar-refractivity contribution is 0.162. The normalized spacial score (nSPS) is 12.3. The first-order valence-corrected chi connectivity index (χ1v) is 7.42. The molecule has 0 aliphatic heterocycles. The van der Waals surface area contributed by atoms with Crippen molar-refractivity contribution in [1.29, 1.82) is 0 Å². The van der Waals surface area contributed by atoms with Crippen LogP contribution in [-0.2, 0) is 12.8 Å². The molecule has 21 heavy (non-hydrogen) atoms. The third kappa shape index (κ3) is 5.66. The molecule has 1 unspecified atom stereocenters. The van der Waals surface area contributed by atoms with Gasteiger partial charge in [0.1, 0.15) is 5.82 Å². The van der Waals surface area contributed by atoms with Crippen molar-refractivity contribution < 1.29 is 9.50 Å². The quantitative estimate of drug-likeness (QED) is 0.732. The van der Waals surface area contributed by atoms with Crippen molar-refractivity contribution in [2.45, 2.75) is 25.4 Å². The van der Waals surface area contributed by atoms with Gasteiger partial charge in [0.05, 0.1) is 6.10 Å². The second-order valence-electron chi connectivity index (χ2n) is 5.22. The summed E-state index contributed by atoms with van der Waals surface area (Å²) in [5.41, 5.74) is 1.95. The third-order valence-electron chi connectivity index (χ3n) is 3.52. The Morgan fingerprint density at radius 3 is 2.43 bits per heavy atom. The summed E-state index contributed by atoms with van der Waals surface area (Å²) in [7, 11) is 0. The van der Waals surface area contributed by atoms with Gasteiger partial charge in [0, 0.05) is 6.54 Å². The van der Waals surface area contributed by atoms with Crippen LogP contribution < -0.4 is 5.32 Å². The van der Waals surface area contributed by atoms with E-state index in [1.165, 1.54) is 11.6 Å². The standard InChI is InChI=1S/C18H22FNO/c19-18-9-5-4-8-16(18)12-13-20-14-17(21)11-10-15-6-2-1-3-7-15/h1-9,17,20-21H,10-14H2. The topological polar surface area (TPSA) is 32.3 Å². The van der Waals surface area contributed by atoms with Gasteiger partial charge in [-0.15, -0.1) is 0 Å². The first kappa shape index (κ1) is 15.7. The maximum Gasteiger partial charge on any atom is 0.126 e. The van der Waals surface area contributed by atoms with Gasteiger partial charge in [-0.1, -0.05) is 48.5 Å². The molecule has 2 nitrogen and oxygen atoms in total. The average molecular weight is 287 g/mol. The van der Waals surface area contributed by atoms with Gasteiger partial charge in [0.15, 0.2) is 0 Å². The molecule has 2 aromatic rings. The molecule has 2 rings (SSSR count). The van der Waals surface area contributed by atoms with E-state index in [0.717, 1.165) is 12.8 Å². The van der Waals surface area contributed by atoms with E-state index in [9.17, 15) is 9.50 Å². The van der Waals surface area contributed by atoms with Crippen LogP contribution in [0, 0.1) is 5.82 Å². The molecular formula is C18H22FNO. The molecule has 0 bridgehead atoms. The van der Waals surface area contributed by atoms with E-state index < -0.39 is 0 Å². The largest absolute Gasteiger partial charge is 0.392 e. The Morgan fingerprint density at radius 2 is 1.67 bits per heavy atom. The van der Waals surface area contributed by atoms with Crippen LogP contribution in [0.25, 0.3) is 0 Å². The Morgan fingerprint density at radius 1 is 0.952 bits per heavy atom. The van der Waals surface area contributed by atoms with E-state index in [1.54, 1.807) is 12.1 Å². The highest BCUT2D eigenvalue weighted by atomic mass is 19.1. The molecule has 0 aromatic heterocycles. The molecule has 0 aliphatic rings. The second kappa shape index (κ2) is 8.55. The number of aliphatic hydroxyl groups is 1. The summed E-state index contributed by atoms with van der Waals surface area (Å²) in [6.45, 7) is 1.21. The molecule has 0 saturated carbocycles. The molecule has 1 atom stereocenters. The Kier molecular flexibility index (Phi) is 6.38. The van der Waals surface area contributed by atoms with Crippen LogP contribution in [0.5, 0.6) is 0 Å². The number of rotatable bonds is 8. The SMILES string of the molecule is OC(CCc1ccccc1)CNCCc1ccccc1F. The minimum absolute atomic E-state index is 0.163. The van der Waals surface area contributed by atoms with Crippen molar-refractivity contribution in [1.82, 2.24) is 5.32 Å². The van der Waals surface area contributed by atoms with Crippen molar-refractivity contribution in [2.24, 2.45) is 0 Å².